The number of amides is 1. The predicted molar refractivity (Wildman–Crippen MR) is 69.8 cm³/mol. The third-order valence-corrected chi connectivity index (χ3v) is 4.05. The second-order valence-corrected chi connectivity index (χ2v) is 5.62. The number of halogens is 1. The summed E-state index contributed by atoms with van der Waals surface area (Å²) in [5, 5.41) is 9.91. The first-order chi connectivity index (χ1) is 9.08. The Balaban J connectivity index is 2.01. The largest absolute Gasteiger partial charge is 0.481 e. The maximum absolute atomic E-state index is 12.1. The molecule has 0 aromatic heterocycles. The monoisotopic (exact) mass is 279 g/mol. The number of aliphatic carboxylic acids is 1. The summed E-state index contributed by atoms with van der Waals surface area (Å²) in [5.41, 5.74) is 0.817. The van der Waals surface area contributed by atoms with Gasteiger partial charge in [0.05, 0.1) is 12.0 Å². The molecule has 1 aromatic carbocycles. The SMILES string of the molecule is O=C(O)C1CC(=O)N(C2CC2)C1c1cccc(Cl)c1. The van der Waals surface area contributed by atoms with E-state index in [0.717, 1.165) is 18.4 Å². The van der Waals surface area contributed by atoms with Crippen molar-refractivity contribution in [2.75, 3.05) is 0 Å². The first kappa shape index (κ1) is 12.5. The molecule has 0 spiro atoms. The molecule has 1 aliphatic heterocycles. The number of carboxylic acids is 1. The van der Waals surface area contributed by atoms with Gasteiger partial charge in [0.1, 0.15) is 0 Å². The molecule has 1 saturated heterocycles. The molecule has 100 valence electrons. The van der Waals surface area contributed by atoms with Gasteiger partial charge in [0.25, 0.3) is 0 Å². The maximum Gasteiger partial charge on any atom is 0.309 e. The van der Waals surface area contributed by atoms with Crippen LogP contribution in [0.15, 0.2) is 24.3 Å². The molecule has 1 aliphatic carbocycles. The molecule has 1 saturated carbocycles. The summed E-state index contributed by atoms with van der Waals surface area (Å²) in [4.78, 5) is 25.2. The summed E-state index contributed by atoms with van der Waals surface area (Å²) in [6.45, 7) is 0. The van der Waals surface area contributed by atoms with E-state index < -0.39 is 11.9 Å². The van der Waals surface area contributed by atoms with Gasteiger partial charge in [-0.1, -0.05) is 23.7 Å². The number of carbonyl (C=O) groups excluding carboxylic acids is 1. The average molecular weight is 280 g/mol. The van der Waals surface area contributed by atoms with E-state index in [4.69, 9.17) is 11.6 Å². The number of hydrogen-bond acceptors (Lipinski definition) is 2. The molecular formula is C14H14ClNO3. The fraction of sp³-hybridized carbons (Fsp3) is 0.429. The molecule has 1 aromatic rings. The third-order valence-electron chi connectivity index (χ3n) is 3.81. The number of likely N-dealkylation sites (tertiary alicyclic amines) is 1. The molecule has 1 heterocycles. The van der Waals surface area contributed by atoms with Crippen LogP contribution in [0.2, 0.25) is 5.02 Å². The molecule has 1 amide bonds. The van der Waals surface area contributed by atoms with Crippen molar-refractivity contribution in [2.24, 2.45) is 5.92 Å². The van der Waals surface area contributed by atoms with Crippen LogP contribution in [0.1, 0.15) is 30.9 Å². The Kier molecular flexibility index (Phi) is 2.97. The van der Waals surface area contributed by atoms with Gasteiger partial charge in [0.15, 0.2) is 0 Å². The summed E-state index contributed by atoms with van der Waals surface area (Å²) in [7, 11) is 0. The predicted octanol–water partition coefficient (Wildman–Crippen LogP) is 2.48. The topological polar surface area (TPSA) is 57.6 Å². The van der Waals surface area contributed by atoms with Crippen molar-refractivity contribution in [1.82, 2.24) is 4.90 Å². The van der Waals surface area contributed by atoms with E-state index in [0.29, 0.717) is 5.02 Å². The molecule has 1 N–H and O–H groups in total. The molecule has 3 rings (SSSR count). The Labute approximate surface area is 116 Å². The first-order valence-electron chi connectivity index (χ1n) is 6.37. The van der Waals surface area contributed by atoms with Crippen LogP contribution in [0.25, 0.3) is 0 Å². The van der Waals surface area contributed by atoms with E-state index in [2.05, 4.69) is 0 Å². The summed E-state index contributed by atoms with van der Waals surface area (Å²) < 4.78 is 0. The Bertz CT molecular complexity index is 541. The molecular weight excluding hydrogens is 266 g/mol. The van der Waals surface area contributed by atoms with Crippen molar-refractivity contribution in [3.8, 4) is 0 Å². The van der Waals surface area contributed by atoms with Gasteiger partial charge in [-0.05, 0) is 30.5 Å². The van der Waals surface area contributed by atoms with E-state index in [-0.39, 0.29) is 24.4 Å². The Morgan fingerprint density at radius 2 is 2.11 bits per heavy atom. The Morgan fingerprint density at radius 1 is 1.37 bits per heavy atom. The smallest absolute Gasteiger partial charge is 0.309 e. The van der Waals surface area contributed by atoms with Crippen LogP contribution < -0.4 is 0 Å². The Morgan fingerprint density at radius 3 is 2.68 bits per heavy atom. The number of carboxylic acid groups (broad SMARTS) is 1. The van der Waals surface area contributed by atoms with Gasteiger partial charge in [-0.2, -0.15) is 0 Å². The maximum atomic E-state index is 12.1. The summed E-state index contributed by atoms with van der Waals surface area (Å²) in [5.74, 6) is -1.65. The van der Waals surface area contributed by atoms with Crippen LogP contribution in [-0.4, -0.2) is 27.9 Å². The first-order valence-corrected chi connectivity index (χ1v) is 6.75. The molecule has 2 aliphatic rings. The molecule has 2 fully saturated rings. The van der Waals surface area contributed by atoms with Gasteiger partial charge in [-0.3, -0.25) is 9.59 Å². The van der Waals surface area contributed by atoms with Crippen molar-refractivity contribution in [2.45, 2.75) is 31.3 Å². The van der Waals surface area contributed by atoms with Crippen molar-refractivity contribution < 1.29 is 14.7 Å². The zero-order valence-electron chi connectivity index (χ0n) is 10.3. The van der Waals surface area contributed by atoms with Gasteiger partial charge in [0.2, 0.25) is 5.91 Å². The van der Waals surface area contributed by atoms with E-state index in [1.165, 1.54) is 0 Å². The lowest BCUT2D eigenvalue weighted by Gasteiger charge is -2.27. The standard InChI is InChI=1S/C14H14ClNO3/c15-9-3-1-2-8(6-9)13-11(14(18)19)7-12(17)16(13)10-4-5-10/h1-3,6,10-11,13H,4-5,7H2,(H,18,19). The molecule has 0 bridgehead atoms. The molecule has 2 unspecified atom stereocenters. The Hall–Kier alpha value is -1.55. The van der Waals surface area contributed by atoms with E-state index in [9.17, 15) is 14.7 Å². The van der Waals surface area contributed by atoms with Crippen molar-refractivity contribution in [3.05, 3.63) is 34.9 Å². The quantitative estimate of drug-likeness (QED) is 0.925. The van der Waals surface area contributed by atoms with Gasteiger partial charge in [0, 0.05) is 17.5 Å². The average Bonchev–Trinajstić information content (AvgIpc) is 3.12. The second kappa shape index (κ2) is 4.53. The molecule has 2 atom stereocenters. The van der Waals surface area contributed by atoms with Crippen LogP contribution in [-0.2, 0) is 9.59 Å². The van der Waals surface area contributed by atoms with E-state index in [1.807, 2.05) is 6.07 Å². The zero-order valence-corrected chi connectivity index (χ0v) is 11.0. The third kappa shape index (κ3) is 2.21. The molecule has 0 radical (unpaired) electrons. The fourth-order valence-corrected chi connectivity index (χ4v) is 3.04. The van der Waals surface area contributed by atoms with Crippen molar-refractivity contribution in [1.29, 1.82) is 0 Å². The lowest BCUT2D eigenvalue weighted by Crippen LogP contribution is -2.32. The highest BCUT2D eigenvalue weighted by atomic mass is 35.5. The van der Waals surface area contributed by atoms with Crippen molar-refractivity contribution >= 4 is 23.5 Å². The van der Waals surface area contributed by atoms with Crippen LogP contribution in [0.4, 0.5) is 0 Å². The zero-order chi connectivity index (χ0) is 13.6. The molecule has 4 nitrogen and oxygen atoms in total. The minimum absolute atomic E-state index is 0.0557. The minimum atomic E-state index is -0.915. The highest BCUT2D eigenvalue weighted by molar-refractivity contribution is 6.30. The van der Waals surface area contributed by atoms with Gasteiger partial charge >= 0.3 is 5.97 Å². The highest BCUT2D eigenvalue weighted by Crippen LogP contribution is 2.45. The summed E-state index contributed by atoms with van der Waals surface area (Å²) >= 11 is 5.98. The summed E-state index contributed by atoms with van der Waals surface area (Å²) in [6, 6.07) is 6.98. The molecule has 5 heteroatoms. The van der Waals surface area contributed by atoms with Crippen LogP contribution in [0.3, 0.4) is 0 Å². The minimum Gasteiger partial charge on any atom is -0.481 e. The number of hydrogen-bond donors (Lipinski definition) is 1. The van der Waals surface area contributed by atoms with Gasteiger partial charge in [-0.15, -0.1) is 0 Å². The van der Waals surface area contributed by atoms with Crippen LogP contribution in [0.5, 0.6) is 0 Å². The van der Waals surface area contributed by atoms with Gasteiger partial charge < -0.3 is 10.0 Å². The van der Waals surface area contributed by atoms with E-state index in [1.54, 1.807) is 23.1 Å². The van der Waals surface area contributed by atoms with E-state index >= 15 is 0 Å². The second-order valence-electron chi connectivity index (χ2n) is 5.18. The van der Waals surface area contributed by atoms with Crippen molar-refractivity contribution in [3.63, 3.8) is 0 Å². The van der Waals surface area contributed by atoms with Crippen LogP contribution >= 0.6 is 11.6 Å². The number of nitrogens with zero attached hydrogens (tertiary/aromatic N) is 1. The van der Waals surface area contributed by atoms with Crippen LogP contribution in [0, 0.1) is 5.92 Å². The lowest BCUT2D eigenvalue weighted by atomic mass is 9.93. The fourth-order valence-electron chi connectivity index (χ4n) is 2.84. The number of carbonyl (C=O) groups is 2. The molecule has 19 heavy (non-hydrogen) atoms. The summed E-state index contributed by atoms with van der Waals surface area (Å²) in [6.07, 6.45) is 2.02. The highest BCUT2D eigenvalue weighted by Gasteiger charge is 2.49. The lowest BCUT2D eigenvalue weighted by molar-refractivity contribution is -0.142. The number of rotatable bonds is 3. The van der Waals surface area contributed by atoms with Gasteiger partial charge in [-0.25, -0.2) is 0 Å². The normalized spacial score (nSPS) is 26.8. The number of benzene rings is 1.